The molecule has 1 aliphatic heterocycles. The van der Waals surface area contributed by atoms with Crippen LogP contribution in [0.25, 0.3) is 0 Å². The molecule has 0 bridgehead atoms. The number of piperidine rings is 1. The van der Waals surface area contributed by atoms with Crippen LogP contribution in [0.15, 0.2) is 29.2 Å². The van der Waals surface area contributed by atoms with Crippen molar-refractivity contribution in [3.8, 4) is 0 Å². The highest BCUT2D eigenvalue weighted by Gasteiger charge is 2.59. The van der Waals surface area contributed by atoms with E-state index in [0.29, 0.717) is 11.8 Å². The van der Waals surface area contributed by atoms with Gasteiger partial charge in [-0.15, -0.1) is 11.8 Å². The van der Waals surface area contributed by atoms with Crippen molar-refractivity contribution in [3.05, 3.63) is 29.8 Å². The Hall–Kier alpha value is -1.00. The first-order valence-electron chi connectivity index (χ1n) is 6.27. The Morgan fingerprint density at radius 3 is 2.67 bits per heavy atom. The Labute approximate surface area is 111 Å². The zero-order valence-corrected chi connectivity index (χ0v) is 11.2. The minimum atomic E-state index is -0.603. The second kappa shape index (κ2) is 4.59. The summed E-state index contributed by atoms with van der Waals surface area (Å²) in [5.74, 6) is 0.152. The maximum atomic E-state index is 10.9. The zero-order chi connectivity index (χ0) is 12.7. The Kier molecular flexibility index (Phi) is 3.08. The van der Waals surface area contributed by atoms with Gasteiger partial charge in [-0.1, -0.05) is 18.2 Å². The number of carboxylic acid groups (broad SMARTS) is 1. The van der Waals surface area contributed by atoms with Gasteiger partial charge in [0, 0.05) is 24.5 Å². The lowest BCUT2D eigenvalue weighted by Gasteiger charge is -2.20. The van der Waals surface area contributed by atoms with E-state index >= 15 is 0 Å². The molecule has 3 rings (SSSR count). The van der Waals surface area contributed by atoms with Gasteiger partial charge in [0.15, 0.2) is 0 Å². The van der Waals surface area contributed by atoms with Gasteiger partial charge in [0.2, 0.25) is 0 Å². The number of hydrogen-bond donors (Lipinski definition) is 1. The molecule has 96 valence electrons. The Balaban J connectivity index is 1.62. The first-order chi connectivity index (χ1) is 8.70. The van der Waals surface area contributed by atoms with Gasteiger partial charge in [0.1, 0.15) is 0 Å². The van der Waals surface area contributed by atoms with Crippen molar-refractivity contribution >= 4 is 17.7 Å². The van der Waals surface area contributed by atoms with Gasteiger partial charge in [-0.05, 0) is 29.7 Å². The van der Waals surface area contributed by atoms with Gasteiger partial charge in [-0.3, -0.25) is 9.69 Å². The molecule has 1 aromatic carbocycles. The zero-order valence-electron chi connectivity index (χ0n) is 10.4. The number of carbonyl (C=O) groups is 1. The van der Waals surface area contributed by atoms with Crippen molar-refractivity contribution in [2.24, 2.45) is 17.8 Å². The summed E-state index contributed by atoms with van der Waals surface area (Å²) in [6, 6.07) is 8.46. The maximum Gasteiger partial charge on any atom is 0.307 e. The molecular weight excluding hydrogens is 246 g/mol. The van der Waals surface area contributed by atoms with Crippen LogP contribution in [0, 0.1) is 17.8 Å². The normalized spacial score (nSPS) is 30.2. The molecule has 1 saturated heterocycles. The van der Waals surface area contributed by atoms with Crippen LogP contribution in [0.3, 0.4) is 0 Å². The molecule has 18 heavy (non-hydrogen) atoms. The molecule has 1 aromatic rings. The number of hydrogen-bond acceptors (Lipinski definition) is 3. The van der Waals surface area contributed by atoms with Crippen LogP contribution in [-0.2, 0) is 11.3 Å². The van der Waals surface area contributed by atoms with Gasteiger partial charge in [-0.25, -0.2) is 0 Å². The standard InChI is InChI=1S/C14H17NO2S/c1-18-12-5-3-2-4-9(12)6-15-7-10-11(8-15)13(10)14(16)17/h2-5,10-11,13H,6-8H2,1H3,(H,16,17). The molecule has 2 fully saturated rings. The number of fused-ring (bicyclic) bond motifs is 1. The maximum absolute atomic E-state index is 10.9. The molecule has 1 N–H and O–H groups in total. The number of benzene rings is 1. The van der Waals surface area contributed by atoms with Crippen LogP contribution in [-0.4, -0.2) is 35.3 Å². The van der Waals surface area contributed by atoms with Crippen LogP contribution < -0.4 is 0 Å². The molecule has 2 atom stereocenters. The fourth-order valence-corrected chi connectivity index (χ4v) is 3.79. The highest BCUT2D eigenvalue weighted by atomic mass is 32.2. The largest absolute Gasteiger partial charge is 0.481 e. The highest BCUT2D eigenvalue weighted by molar-refractivity contribution is 7.98. The van der Waals surface area contributed by atoms with Crippen LogP contribution in [0.4, 0.5) is 0 Å². The van der Waals surface area contributed by atoms with E-state index in [1.54, 1.807) is 11.8 Å². The van der Waals surface area contributed by atoms with Crippen molar-refractivity contribution in [3.63, 3.8) is 0 Å². The highest BCUT2D eigenvalue weighted by Crippen LogP contribution is 2.52. The summed E-state index contributed by atoms with van der Waals surface area (Å²) in [6.07, 6.45) is 2.10. The van der Waals surface area contributed by atoms with E-state index < -0.39 is 5.97 Å². The summed E-state index contributed by atoms with van der Waals surface area (Å²) in [4.78, 5) is 14.6. The van der Waals surface area contributed by atoms with Crippen LogP contribution >= 0.6 is 11.8 Å². The molecule has 2 aliphatic rings. The second-order valence-corrected chi connectivity index (χ2v) is 6.05. The number of aliphatic carboxylic acids is 1. The smallest absolute Gasteiger partial charge is 0.307 e. The molecule has 4 heteroatoms. The average Bonchev–Trinajstić information content (AvgIpc) is 2.88. The molecule has 0 spiro atoms. The predicted octanol–water partition coefficient (Wildman–Crippen LogP) is 2.17. The Bertz CT molecular complexity index is 465. The van der Waals surface area contributed by atoms with Gasteiger partial charge >= 0.3 is 5.97 Å². The summed E-state index contributed by atoms with van der Waals surface area (Å²) in [5.41, 5.74) is 1.36. The number of rotatable bonds is 4. The monoisotopic (exact) mass is 263 g/mol. The number of carboxylic acids is 1. The van der Waals surface area contributed by atoms with Crippen molar-refractivity contribution in [1.82, 2.24) is 4.90 Å². The third-order valence-electron chi connectivity index (χ3n) is 4.14. The van der Waals surface area contributed by atoms with Crippen molar-refractivity contribution in [2.45, 2.75) is 11.4 Å². The Morgan fingerprint density at radius 1 is 1.39 bits per heavy atom. The molecule has 3 nitrogen and oxygen atoms in total. The second-order valence-electron chi connectivity index (χ2n) is 5.20. The lowest BCUT2D eigenvalue weighted by atomic mass is 10.2. The van der Waals surface area contributed by atoms with Crippen LogP contribution in [0.5, 0.6) is 0 Å². The number of thioether (sulfide) groups is 1. The first-order valence-corrected chi connectivity index (χ1v) is 7.50. The van der Waals surface area contributed by atoms with Gasteiger partial charge < -0.3 is 5.11 Å². The summed E-state index contributed by atoms with van der Waals surface area (Å²) in [7, 11) is 0. The molecule has 1 aliphatic carbocycles. The molecular formula is C14H17NO2S. The molecule has 0 aromatic heterocycles. The molecule has 0 amide bonds. The predicted molar refractivity (Wildman–Crippen MR) is 71.6 cm³/mol. The minimum absolute atomic E-state index is 0.0583. The first kappa shape index (κ1) is 12.1. The van der Waals surface area contributed by atoms with Crippen LogP contribution in [0.2, 0.25) is 0 Å². The molecule has 1 saturated carbocycles. The summed E-state index contributed by atoms with van der Waals surface area (Å²) < 4.78 is 0. The number of nitrogens with zero attached hydrogens (tertiary/aromatic N) is 1. The molecule has 0 radical (unpaired) electrons. The van der Waals surface area contributed by atoms with E-state index in [1.165, 1.54) is 10.5 Å². The summed E-state index contributed by atoms with van der Waals surface area (Å²) >= 11 is 1.78. The van der Waals surface area contributed by atoms with Gasteiger partial charge in [0.05, 0.1) is 5.92 Å². The lowest BCUT2D eigenvalue weighted by Crippen LogP contribution is -2.26. The SMILES string of the molecule is CSc1ccccc1CN1CC2C(C1)C2C(=O)O. The third-order valence-corrected chi connectivity index (χ3v) is 4.98. The number of likely N-dealkylation sites (tertiary alicyclic amines) is 1. The van der Waals surface area contributed by atoms with E-state index in [2.05, 4.69) is 35.4 Å². The fraction of sp³-hybridized carbons (Fsp3) is 0.500. The summed E-state index contributed by atoms with van der Waals surface area (Å²) in [6.45, 7) is 2.85. The topological polar surface area (TPSA) is 40.5 Å². The van der Waals surface area contributed by atoms with Crippen molar-refractivity contribution < 1.29 is 9.90 Å². The molecule has 1 heterocycles. The average molecular weight is 263 g/mol. The van der Waals surface area contributed by atoms with Gasteiger partial charge in [-0.2, -0.15) is 0 Å². The Morgan fingerprint density at radius 2 is 2.06 bits per heavy atom. The van der Waals surface area contributed by atoms with Crippen LogP contribution in [0.1, 0.15) is 5.56 Å². The van der Waals surface area contributed by atoms with Gasteiger partial charge in [0.25, 0.3) is 0 Å². The van der Waals surface area contributed by atoms with E-state index in [1.807, 2.05) is 0 Å². The van der Waals surface area contributed by atoms with Crippen molar-refractivity contribution in [1.29, 1.82) is 0 Å². The van der Waals surface area contributed by atoms with E-state index in [9.17, 15) is 4.79 Å². The lowest BCUT2D eigenvalue weighted by molar-refractivity contribution is -0.139. The van der Waals surface area contributed by atoms with Crippen molar-refractivity contribution in [2.75, 3.05) is 19.3 Å². The van der Waals surface area contributed by atoms with E-state index in [-0.39, 0.29) is 5.92 Å². The molecule has 2 unspecified atom stereocenters. The summed E-state index contributed by atoms with van der Waals surface area (Å²) in [5, 5.41) is 9.00. The quantitative estimate of drug-likeness (QED) is 0.845. The third kappa shape index (κ3) is 2.04. The van der Waals surface area contributed by atoms with E-state index in [0.717, 1.165) is 19.6 Å². The van der Waals surface area contributed by atoms with E-state index in [4.69, 9.17) is 5.11 Å². The fourth-order valence-electron chi connectivity index (χ4n) is 3.18. The minimum Gasteiger partial charge on any atom is -0.481 e.